The van der Waals surface area contributed by atoms with Gasteiger partial charge in [0.25, 0.3) is 0 Å². The highest BCUT2D eigenvalue weighted by atomic mass is 35.5. The van der Waals surface area contributed by atoms with Crippen molar-refractivity contribution in [1.82, 2.24) is 5.32 Å². The summed E-state index contributed by atoms with van der Waals surface area (Å²) in [5.41, 5.74) is 2.27. The van der Waals surface area contributed by atoms with Crippen molar-refractivity contribution in [2.24, 2.45) is 0 Å². The second-order valence-corrected chi connectivity index (χ2v) is 6.33. The van der Waals surface area contributed by atoms with Crippen LogP contribution >= 0.6 is 11.6 Å². The van der Waals surface area contributed by atoms with Gasteiger partial charge in [0, 0.05) is 12.5 Å². The van der Waals surface area contributed by atoms with Crippen LogP contribution in [0, 0.1) is 12.7 Å². The Morgan fingerprint density at radius 1 is 1.15 bits per heavy atom. The summed E-state index contributed by atoms with van der Waals surface area (Å²) >= 11 is 5.62. The van der Waals surface area contributed by atoms with Crippen LogP contribution in [-0.2, 0) is 20.7 Å². The maximum atomic E-state index is 13.0. The maximum absolute atomic E-state index is 13.0. The standard InChI is InChI=1S/C20H21ClFNO4/c1-14-2-4-15(5-3-14)6-9-19(24)23-10-11-26-20(25)13-27-16-7-8-18(22)17(21)12-16/h2-5,7-8,12H,6,9-11,13H2,1H3,(H,23,24). The summed E-state index contributed by atoms with van der Waals surface area (Å²) in [7, 11) is 0. The van der Waals surface area contributed by atoms with Crippen molar-refractivity contribution in [2.75, 3.05) is 19.8 Å². The molecule has 2 aromatic rings. The van der Waals surface area contributed by atoms with Crippen LogP contribution in [0.5, 0.6) is 5.75 Å². The normalized spacial score (nSPS) is 10.3. The Hall–Kier alpha value is -2.60. The first kappa shape index (κ1) is 20.7. The van der Waals surface area contributed by atoms with E-state index in [4.69, 9.17) is 21.1 Å². The van der Waals surface area contributed by atoms with Gasteiger partial charge in [-0.2, -0.15) is 0 Å². The van der Waals surface area contributed by atoms with E-state index in [0.29, 0.717) is 12.8 Å². The molecule has 2 aromatic carbocycles. The number of ether oxygens (including phenoxy) is 2. The molecule has 0 fully saturated rings. The van der Waals surface area contributed by atoms with E-state index >= 15 is 0 Å². The molecule has 0 heterocycles. The van der Waals surface area contributed by atoms with Crippen molar-refractivity contribution < 1.29 is 23.5 Å². The van der Waals surface area contributed by atoms with Crippen LogP contribution in [0.25, 0.3) is 0 Å². The van der Waals surface area contributed by atoms with Crippen LogP contribution in [0.3, 0.4) is 0 Å². The number of carbonyl (C=O) groups is 2. The van der Waals surface area contributed by atoms with E-state index in [-0.39, 0.29) is 36.4 Å². The highest BCUT2D eigenvalue weighted by molar-refractivity contribution is 6.30. The molecular weight excluding hydrogens is 373 g/mol. The molecule has 0 unspecified atom stereocenters. The highest BCUT2D eigenvalue weighted by Crippen LogP contribution is 2.20. The molecular formula is C20H21ClFNO4. The Morgan fingerprint density at radius 2 is 1.89 bits per heavy atom. The van der Waals surface area contributed by atoms with Gasteiger partial charge >= 0.3 is 5.97 Å². The Balaban J connectivity index is 1.57. The van der Waals surface area contributed by atoms with Crippen molar-refractivity contribution in [1.29, 1.82) is 0 Å². The third-order valence-electron chi connectivity index (χ3n) is 3.70. The van der Waals surface area contributed by atoms with Gasteiger partial charge < -0.3 is 14.8 Å². The minimum Gasteiger partial charge on any atom is -0.482 e. The van der Waals surface area contributed by atoms with Gasteiger partial charge in [0.05, 0.1) is 11.6 Å². The molecule has 0 bridgehead atoms. The van der Waals surface area contributed by atoms with E-state index in [1.165, 1.54) is 17.7 Å². The van der Waals surface area contributed by atoms with E-state index in [1.807, 2.05) is 31.2 Å². The fourth-order valence-corrected chi connectivity index (χ4v) is 2.38. The quantitative estimate of drug-likeness (QED) is 0.523. The Bertz CT molecular complexity index is 780. The molecule has 0 aliphatic heterocycles. The number of esters is 1. The molecule has 2 rings (SSSR count). The summed E-state index contributed by atoms with van der Waals surface area (Å²) in [6, 6.07) is 11.8. The lowest BCUT2D eigenvalue weighted by atomic mass is 10.1. The van der Waals surface area contributed by atoms with Crippen molar-refractivity contribution in [2.45, 2.75) is 19.8 Å². The lowest BCUT2D eigenvalue weighted by Crippen LogP contribution is -2.29. The smallest absolute Gasteiger partial charge is 0.344 e. The minimum atomic E-state index is -0.593. The van der Waals surface area contributed by atoms with Crippen LogP contribution in [-0.4, -0.2) is 31.6 Å². The van der Waals surface area contributed by atoms with Gasteiger partial charge in [-0.1, -0.05) is 41.4 Å². The average Bonchev–Trinajstić information content (AvgIpc) is 2.65. The van der Waals surface area contributed by atoms with Crippen molar-refractivity contribution >= 4 is 23.5 Å². The number of rotatable bonds is 9. The molecule has 0 aliphatic carbocycles. The number of benzene rings is 2. The summed E-state index contributed by atoms with van der Waals surface area (Å²) < 4.78 is 23.1. The lowest BCUT2D eigenvalue weighted by Gasteiger charge is -2.08. The van der Waals surface area contributed by atoms with Crippen LogP contribution in [0.4, 0.5) is 4.39 Å². The van der Waals surface area contributed by atoms with Gasteiger partial charge in [-0.25, -0.2) is 9.18 Å². The molecule has 0 saturated carbocycles. The third-order valence-corrected chi connectivity index (χ3v) is 3.99. The first-order chi connectivity index (χ1) is 12.9. The SMILES string of the molecule is Cc1ccc(CCC(=O)NCCOC(=O)COc2ccc(F)c(Cl)c2)cc1. The van der Waals surface area contributed by atoms with E-state index in [0.717, 1.165) is 11.6 Å². The molecule has 1 amide bonds. The Morgan fingerprint density at radius 3 is 2.59 bits per heavy atom. The van der Waals surface area contributed by atoms with Gasteiger partial charge in [-0.3, -0.25) is 4.79 Å². The molecule has 0 saturated heterocycles. The summed E-state index contributed by atoms with van der Waals surface area (Å²) in [5.74, 6) is -0.999. The molecule has 5 nitrogen and oxygen atoms in total. The molecule has 27 heavy (non-hydrogen) atoms. The molecule has 0 aliphatic rings. The zero-order chi connectivity index (χ0) is 19.6. The summed E-state index contributed by atoms with van der Waals surface area (Å²) in [6.07, 6.45) is 1.02. The van der Waals surface area contributed by atoms with Crippen LogP contribution in [0.15, 0.2) is 42.5 Å². The highest BCUT2D eigenvalue weighted by Gasteiger charge is 2.07. The number of aryl methyl sites for hydroxylation is 2. The Kier molecular flexibility index (Phi) is 8.07. The third kappa shape index (κ3) is 7.66. The van der Waals surface area contributed by atoms with Crippen molar-refractivity contribution in [3.8, 4) is 5.75 Å². The Labute approximate surface area is 162 Å². The monoisotopic (exact) mass is 393 g/mol. The van der Waals surface area contributed by atoms with E-state index in [1.54, 1.807) is 0 Å². The zero-order valence-corrected chi connectivity index (χ0v) is 15.7. The molecule has 0 atom stereocenters. The first-order valence-corrected chi connectivity index (χ1v) is 8.87. The molecule has 7 heteroatoms. The summed E-state index contributed by atoms with van der Waals surface area (Å²) in [6.45, 7) is 1.95. The second-order valence-electron chi connectivity index (χ2n) is 5.92. The topological polar surface area (TPSA) is 64.6 Å². The van der Waals surface area contributed by atoms with Gasteiger partial charge in [-0.15, -0.1) is 0 Å². The van der Waals surface area contributed by atoms with E-state index in [9.17, 15) is 14.0 Å². The van der Waals surface area contributed by atoms with E-state index < -0.39 is 11.8 Å². The van der Waals surface area contributed by atoms with E-state index in [2.05, 4.69) is 5.32 Å². The fraction of sp³-hybridized carbons (Fsp3) is 0.300. The van der Waals surface area contributed by atoms with Crippen LogP contribution in [0.1, 0.15) is 17.5 Å². The number of hydrogen-bond acceptors (Lipinski definition) is 4. The number of carbonyl (C=O) groups excluding carboxylic acids is 2. The van der Waals surface area contributed by atoms with Crippen molar-refractivity contribution in [3.05, 3.63) is 64.4 Å². The number of hydrogen-bond donors (Lipinski definition) is 1. The van der Waals surface area contributed by atoms with Crippen LogP contribution < -0.4 is 10.1 Å². The molecule has 0 aromatic heterocycles. The predicted octanol–water partition coefficient (Wildman–Crippen LogP) is 3.46. The summed E-state index contributed by atoms with van der Waals surface area (Å²) in [5, 5.41) is 2.60. The van der Waals surface area contributed by atoms with Crippen molar-refractivity contribution in [3.63, 3.8) is 0 Å². The molecule has 0 spiro atoms. The average molecular weight is 394 g/mol. The molecule has 0 radical (unpaired) electrons. The van der Waals surface area contributed by atoms with Gasteiger partial charge in [0.15, 0.2) is 6.61 Å². The first-order valence-electron chi connectivity index (χ1n) is 8.50. The number of nitrogens with one attached hydrogen (secondary N) is 1. The van der Waals surface area contributed by atoms with Gasteiger partial charge in [0.1, 0.15) is 18.2 Å². The summed E-state index contributed by atoms with van der Waals surface area (Å²) in [4.78, 5) is 23.4. The minimum absolute atomic E-state index is 0.0443. The lowest BCUT2D eigenvalue weighted by molar-refractivity contribution is -0.146. The number of amides is 1. The predicted molar refractivity (Wildman–Crippen MR) is 100 cm³/mol. The fourth-order valence-electron chi connectivity index (χ4n) is 2.21. The largest absolute Gasteiger partial charge is 0.482 e. The van der Waals surface area contributed by atoms with Gasteiger partial charge in [-0.05, 0) is 31.0 Å². The maximum Gasteiger partial charge on any atom is 0.344 e. The molecule has 1 N–H and O–H groups in total. The zero-order valence-electron chi connectivity index (χ0n) is 15.0. The number of halogens is 2. The second kappa shape index (κ2) is 10.5. The van der Waals surface area contributed by atoms with Crippen LogP contribution in [0.2, 0.25) is 5.02 Å². The molecule has 144 valence electrons. The van der Waals surface area contributed by atoms with Gasteiger partial charge in [0.2, 0.25) is 5.91 Å².